The van der Waals surface area contributed by atoms with Crippen LogP contribution in [0.5, 0.6) is 0 Å². The molecule has 0 fully saturated rings. The minimum Gasteiger partial charge on any atom is -0.339 e. The lowest BCUT2D eigenvalue weighted by atomic mass is 9.93. The maximum Gasteiger partial charge on any atom is 0.178 e. The molecule has 0 amide bonds. The smallest absolute Gasteiger partial charge is 0.178 e. The van der Waals surface area contributed by atoms with E-state index in [1.54, 1.807) is 6.20 Å². The zero-order valence-corrected chi connectivity index (χ0v) is 12.7. The zero-order valence-electron chi connectivity index (χ0n) is 12.7. The standard InChI is InChI=1S/C16H20N4O/c1-4-5-10(2)8-13(21)12(9-17)15-19-14-11(3)6-7-18-16(14)20-15/h6-7,10,12H,4-5,8H2,1-3H3,(H,18,19,20)/t10-,12-/m0/s1. The fourth-order valence-electron chi connectivity index (χ4n) is 2.53. The highest BCUT2D eigenvalue weighted by Crippen LogP contribution is 2.22. The number of aromatic nitrogens is 3. The molecule has 21 heavy (non-hydrogen) atoms. The number of hydrogen-bond acceptors (Lipinski definition) is 4. The van der Waals surface area contributed by atoms with Crippen molar-refractivity contribution in [3.8, 4) is 6.07 Å². The normalized spacial score (nSPS) is 13.8. The molecule has 2 heterocycles. The molecular formula is C16H20N4O. The summed E-state index contributed by atoms with van der Waals surface area (Å²) in [6.07, 6.45) is 4.12. The monoisotopic (exact) mass is 284 g/mol. The van der Waals surface area contributed by atoms with Crippen LogP contribution in [-0.4, -0.2) is 20.7 Å². The Labute approximate surface area is 124 Å². The Balaban J connectivity index is 2.25. The number of imidazole rings is 1. The van der Waals surface area contributed by atoms with E-state index in [4.69, 9.17) is 0 Å². The Morgan fingerprint density at radius 1 is 1.52 bits per heavy atom. The zero-order chi connectivity index (χ0) is 15.4. The number of rotatable bonds is 6. The van der Waals surface area contributed by atoms with E-state index < -0.39 is 5.92 Å². The van der Waals surface area contributed by atoms with Crippen LogP contribution in [0.15, 0.2) is 12.3 Å². The van der Waals surface area contributed by atoms with Crippen LogP contribution in [0.1, 0.15) is 50.4 Å². The Hall–Kier alpha value is -2.22. The molecule has 0 radical (unpaired) electrons. The Morgan fingerprint density at radius 2 is 2.29 bits per heavy atom. The lowest BCUT2D eigenvalue weighted by Crippen LogP contribution is -2.15. The molecule has 0 aliphatic rings. The number of carbonyl (C=O) groups excluding carboxylic acids is 1. The summed E-state index contributed by atoms with van der Waals surface area (Å²) in [4.78, 5) is 23.9. The van der Waals surface area contributed by atoms with E-state index in [-0.39, 0.29) is 5.78 Å². The average Bonchev–Trinajstić information content (AvgIpc) is 2.84. The average molecular weight is 284 g/mol. The predicted octanol–water partition coefficient (Wildman–Crippen LogP) is 3.27. The summed E-state index contributed by atoms with van der Waals surface area (Å²) >= 11 is 0. The molecular weight excluding hydrogens is 264 g/mol. The molecule has 5 nitrogen and oxygen atoms in total. The van der Waals surface area contributed by atoms with Gasteiger partial charge in [0.25, 0.3) is 0 Å². The summed E-state index contributed by atoms with van der Waals surface area (Å²) in [6, 6.07) is 3.95. The molecule has 0 aliphatic heterocycles. The van der Waals surface area contributed by atoms with Crippen molar-refractivity contribution in [1.29, 1.82) is 5.26 Å². The van der Waals surface area contributed by atoms with Gasteiger partial charge in [-0.3, -0.25) is 4.79 Å². The van der Waals surface area contributed by atoms with Crippen molar-refractivity contribution in [3.05, 3.63) is 23.7 Å². The number of nitriles is 1. The highest BCUT2D eigenvalue weighted by molar-refractivity contribution is 5.88. The Bertz CT molecular complexity index is 683. The van der Waals surface area contributed by atoms with Crippen molar-refractivity contribution >= 4 is 16.9 Å². The van der Waals surface area contributed by atoms with Gasteiger partial charge >= 0.3 is 0 Å². The lowest BCUT2D eigenvalue weighted by Gasteiger charge is -2.10. The van der Waals surface area contributed by atoms with E-state index in [1.165, 1.54) is 0 Å². The van der Waals surface area contributed by atoms with Gasteiger partial charge in [-0.25, -0.2) is 9.97 Å². The van der Waals surface area contributed by atoms with Crippen molar-refractivity contribution in [1.82, 2.24) is 15.0 Å². The molecule has 0 saturated carbocycles. The van der Waals surface area contributed by atoms with E-state index >= 15 is 0 Å². The number of hydrogen-bond donors (Lipinski definition) is 1. The molecule has 0 aliphatic carbocycles. The first-order valence-corrected chi connectivity index (χ1v) is 7.30. The van der Waals surface area contributed by atoms with Gasteiger partial charge in [-0.05, 0) is 24.5 Å². The summed E-state index contributed by atoms with van der Waals surface area (Å²) in [5.41, 5.74) is 2.35. The van der Waals surface area contributed by atoms with Crippen LogP contribution in [0, 0.1) is 24.2 Å². The molecule has 0 aromatic carbocycles. The van der Waals surface area contributed by atoms with Gasteiger partial charge in [0.05, 0.1) is 11.6 Å². The first-order chi connectivity index (χ1) is 10.1. The maximum absolute atomic E-state index is 12.3. The van der Waals surface area contributed by atoms with Gasteiger partial charge in [-0.2, -0.15) is 5.26 Å². The molecule has 2 aromatic heterocycles. The van der Waals surface area contributed by atoms with Crippen molar-refractivity contribution in [2.75, 3.05) is 0 Å². The summed E-state index contributed by atoms with van der Waals surface area (Å²) in [7, 11) is 0. The maximum atomic E-state index is 12.3. The summed E-state index contributed by atoms with van der Waals surface area (Å²) in [5, 5.41) is 9.34. The minimum absolute atomic E-state index is 0.0739. The third kappa shape index (κ3) is 3.27. The molecule has 2 rings (SSSR count). The number of ketones is 1. The van der Waals surface area contributed by atoms with Crippen LogP contribution in [0.4, 0.5) is 0 Å². The number of carbonyl (C=O) groups is 1. The van der Waals surface area contributed by atoms with Crippen LogP contribution >= 0.6 is 0 Å². The molecule has 2 aromatic rings. The number of nitrogens with zero attached hydrogens (tertiary/aromatic N) is 3. The van der Waals surface area contributed by atoms with E-state index in [0.717, 1.165) is 23.9 Å². The molecule has 2 atom stereocenters. The number of fused-ring (bicyclic) bond motifs is 1. The number of Topliss-reactive ketones (excluding diaryl/α,β-unsaturated/α-hetero) is 1. The van der Waals surface area contributed by atoms with Crippen LogP contribution in [0.2, 0.25) is 0 Å². The van der Waals surface area contributed by atoms with Crippen molar-refractivity contribution in [3.63, 3.8) is 0 Å². The number of aryl methyl sites for hydroxylation is 1. The first kappa shape index (κ1) is 15.2. The van der Waals surface area contributed by atoms with E-state index in [1.807, 2.05) is 19.9 Å². The summed E-state index contributed by atoms with van der Waals surface area (Å²) in [6.45, 7) is 6.08. The van der Waals surface area contributed by atoms with Crippen molar-refractivity contribution < 1.29 is 4.79 Å². The number of nitrogens with one attached hydrogen (secondary N) is 1. The SMILES string of the molecule is CCC[C@H](C)CC(=O)[C@H](C#N)c1nc2nccc(C)c2[nH]1. The van der Waals surface area contributed by atoms with Crippen LogP contribution in [0.3, 0.4) is 0 Å². The molecule has 1 N–H and O–H groups in total. The van der Waals surface area contributed by atoms with E-state index in [2.05, 4.69) is 27.9 Å². The minimum atomic E-state index is -0.835. The van der Waals surface area contributed by atoms with E-state index in [0.29, 0.717) is 23.8 Å². The third-order valence-corrected chi connectivity index (χ3v) is 3.67. The van der Waals surface area contributed by atoms with Crippen LogP contribution < -0.4 is 0 Å². The van der Waals surface area contributed by atoms with Gasteiger partial charge in [-0.1, -0.05) is 26.7 Å². The molecule has 110 valence electrons. The number of pyridine rings is 1. The molecule has 0 unspecified atom stereocenters. The highest BCUT2D eigenvalue weighted by Gasteiger charge is 2.25. The second-order valence-corrected chi connectivity index (χ2v) is 5.57. The first-order valence-electron chi connectivity index (χ1n) is 7.30. The highest BCUT2D eigenvalue weighted by atomic mass is 16.1. The fourth-order valence-corrected chi connectivity index (χ4v) is 2.53. The van der Waals surface area contributed by atoms with Gasteiger partial charge < -0.3 is 4.98 Å². The number of H-pyrrole nitrogens is 1. The third-order valence-electron chi connectivity index (χ3n) is 3.67. The number of aromatic amines is 1. The topological polar surface area (TPSA) is 82.4 Å². The van der Waals surface area contributed by atoms with Gasteiger partial charge in [0.15, 0.2) is 17.3 Å². The van der Waals surface area contributed by atoms with Crippen LogP contribution in [0.25, 0.3) is 11.2 Å². The lowest BCUT2D eigenvalue weighted by molar-refractivity contribution is -0.120. The Kier molecular flexibility index (Phi) is 4.69. The quantitative estimate of drug-likeness (QED) is 0.882. The van der Waals surface area contributed by atoms with Gasteiger partial charge in [0.2, 0.25) is 0 Å². The summed E-state index contributed by atoms with van der Waals surface area (Å²) in [5.74, 6) is -0.210. The van der Waals surface area contributed by atoms with Crippen LogP contribution in [-0.2, 0) is 4.79 Å². The second kappa shape index (κ2) is 6.49. The van der Waals surface area contributed by atoms with Crippen molar-refractivity contribution in [2.24, 2.45) is 5.92 Å². The fraction of sp³-hybridized carbons (Fsp3) is 0.500. The van der Waals surface area contributed by atoms with Gasteiger partial charge in [0, 0.05) is 12.6 Å². The van der Waals surface area contributed by atoms with E-state index in [9.17, 15) is 10.1 Å². The predicted molar refractivity (Wildman–Crippen MR) is 80.7 cm³/mol. The Morgan fingerprint density at radius 3 is 2.90 bits per heavy atom. The molecule has 5 heteroatoms. The summed E-state index contributed by atoms with van der Waals surface area (Å²) < 4.78 is 0. The van der Waals surface area contributed by atoms with Crippen molar-refractivity contribution in [2.45, 2.75) is 46.0 Å². The molecule has 0 bridgehead atoms. The molecule has 0 spiro atoms. The second-order valence-electron chi connectivity index (χ2n) is 5.57. The van der Waals surface area contributed by atoms with Gasteiger partial charge in [0.1, 0.15) is 5.82 Å². The largest absolute Gasteiger partial charge is 0.339 e. The molecule has 0 saturated heterocycles. The van der Waals surface area contributed by atoms with Gasteiger partial charge in [-0.15, -0.1) is 0 Å².